The first kappa shape index (κ1) is 14.8. The van der Waals surface area contributed by atoms with Crippen LogP contribution in [0.3, 0.4) is 0 Å². The predicted molar refractivity (Wildman–Crippen MR) is 78.0 cm³/mol. The molecule has 0 aliphatic rings. The lowest BCUT2D eigenvalue weighted by atomic mass is 10.2. The molecule has 0 atom stereocenters. The minimum Gasteiger partial charge on any atom is -0.494 e. The Kier molecular flexibility index (Phi) is 6.21. The first-order valence-electron chi connectivity index (χ1n) is 6.23. The molecular formula is C13H21N5O. The topological polar surface area (TPSA) is 112 Å². The summed E-state index contributed by atoms with van der Waals surface area (Å²) in [6, 6.07) is 7.70. The summed E-state index contributed by atoms with van der Waals surface area (Å²) in [7, 11) is 0. The number of aliphatic imine (C=N–C) groups is 2. The van der Waals surface area contributed by atoms with Gasteiger partial charge in [0, 0.05) is 0 Å². The molecule has 0 aromatic heterocycles. The van der Waals surface area contributed by atoms with Crippen molar-refractivity contribution in [3.63, 3.8) is 0 Å². The second-order valence-corrected chi connectivity index (χ2v) is 4.06. The molecule has 1 aromatic rings. The third-order valence-electron chi connectivity index (χ3n) is 2.36. The fourth-order valence-electron chi connectivity index (χ4n) is 1.37. The Labute approximate surface area is 113 Å². The Morgan fingerprint density at radius 1 is 1.16 bits per heavy atom. The number of hydrogen-bond acceptors (Lipinski definition) is 2. The molecule has 0 aliphatic carbocycles. The first-order chi connectivity index (χ1) is 9.11. The van der Waals surface area contributed by atoms with Crippen molar-refractivity contribution in [3.8, 4) is 5.75 Å². The van der Waals surface area contributed by atoms with E-state index in [1.54, 1.807) is 0 Å². The number of nitrogens with two attached hydrogens (primary N) is 3. The van der Waals surface area contributed by atoms with Gasteiger partial charge in [0.15, 0.2) is 5.96 Å². The molecular weight excluding hydrogens is 242 g/mol. The SMILES string of the molecule is CCCCOc1ccc(CN=C(N)N=C(N)N)cc1. The van der Waals surface area contributed by atoms with E-state index in [4.69, 9.17) is 21.9 Å². The van der Waals surface area contributed by atoms with Crippen LogP contribution in [0.25, 0.3) is 0 Å². The van der Waals surface area contributed by atoms with Crippen LogP contribution in [0.15, 0.2) is 34.3 Å². The Hall–Kier alpha value is -2.24. The second-order valence-electron chi connectivity index (χ2n) is 4.06. The average Bonchev–Trinajstić information content (AvgIpc) is 2.37. The third-order valence-corrected chi connectivity index (χ3v) is 2.36. The highest BCUT2D eigenvalue weighted by atomic mass is 16.5. The lowest BCUT2D eigenvalue weighted by Crippen LogP contribution is -2.26. The van der Waals surface area contributed by atoms with Gasteiger partial charge in [-0.25, -0.2) is 4.99 Å². The summed E-state index contributed by atoms with van der Waals surface area (Å²) in [5.41, 5.74) is 16.9. The Bertz CT molecular complexity index is 435. The second kappa shape index (κ2) is 7.97. The standard InChI is InChI=1S/C13H21N5O/c1-2-3-8-19-11-6-4-10(5-7-11)9-17-13(16)18-12(14)15/h4-7H,2-3,8-9H2,1H3,(H6,14,15,16,17,18). The van der Waals surface area contributed by atoms with Crippen LogP contribution in [0.2, 0.25) is 0 Å². The Balaban J connectivity index is 2.50. The Morgan fingerprint density at radius 2 is 1.84 bits per heavy atom. The number of rotatable bonds is 6. The van der Waals surface area contributed by atoms with E-state index < -0.39 is 0 Å². The summed E-state index contributed by atoms with van der Waals surface area (Å²) >= 11 is 0. The van der Waals surface area contributed by atoms with Crippen LogP contribution in [0, 0.1) is 0 Å². The van der Waals surface area contributed by atoms with Gasteiger partial charge in [-0.3, -0.25) is 0 Å². The zero-order valence-corrected chi connectivity index (χ0v) is 11.2. The lowest BCUT2D eigenvalue weighted by Gasteiger charge is -2.05. The van der Waals surface area contributed by atoms with Crippen LogP contribution in [-0.4, -0.2) is 18.5 Å². The van der Waals surface area contributed by atoms with Crippen molar-refractivity contribution in [1.29, 1.82) is 0 Å². The first-order valence-corrected chi connectivity index (χ1v) is 6.23. The van der Waals surface area contributed by atoms with Crippen LogP contribution in [0.4, 0.5) is 0 Å². The smallest absolute Gasteiger partial charge is 0.218 e. The summed E-state index contributed by atoms with van der Waals surface area (Å²) in [6.45, 7) is 3.30. The number of ether oxygens (including phenoxy) is 1. The zero-order valence-electron chi connectivity index (χ0n) is 11.2. The van der Waals surface area contributed by atoms with Crippen LogP contribution in [-0.2, 0) is 6.54 Å². The van der Waals surface area contributed by atoms with Crippen molar-refractivity contribution in [2.45, 2.75) is 26.3 Å². The molecule has 0 fully saturated rings. The Morgan fingerprint density at radius 3 is 2.42 bits per heavy atom. The summed E-state index contributed by atoms with van der Waals surface area (Å²) < 4.78 is 5.56. The molecule has 0 spiro atoms. The quantitative estimate of drug-likeness (QED) is 0.403. The van der Waals surface area contributed by atoms with E-state index in [1.807, 2.05) is 24.3 Å². The minimum atomic E-state index is -0.0964. The van der Waals surface area contributed by atoms with Gasteiger partial charge in [0.25, 0.3) is 0 Å². The lowest BCUT2D eigenvalue weighted by molar-refractivity contribution is 0.309. The molecule has 0 saturated heterocycles. The molecule has 104 valence electrons. The van der Waals surface area contributed by atoms with E-state index >= 15 is 0 Å². The van der Waals surface area contributed by atoms with E-state index in [0.717, 1.165) is 30.8 Å². The highest BCUT2D eigenvalue weighted by Crippen LogP contribution is 2.13. The van der Waals surface area contributed by atoms with Gasteiger partial charge in [-0.2, -0.15) is 4.99 Å². The summed E-state index contributed by atoms with van der Waals surface area (Å²) in [5, 5.41) is 0. The van der Waals surface area contributed by atoms with Crippen molar-refractivity contribution < 1.29 is 4.74 Å². The van der Waals surface area contributed by atoms with Crippen molar-refractivity contribution >= 4 is 11.9 Å². The molecule has 1 rings (SSSR count). The van der Waals surface area contributed by atoms with Crippen LogP contribution < -0.4 is 21.9 Å². The number of unbranched alkanes of at least 4 members (excludes halogenated alkanes) is 1. The van der Waals surface area contributed by atoms with E-state index in [1.165, 1.54) is 0 Å². The molecule has 0 amide bonds. The summed E-state index contributed by atoms with van der Waals surface area (Å²) in [5.74, 6) is 0.836. The van der Waals surface area contributed by atoms with Gasteiger partial charge in [-0.05, 0) is 24.1 Å². The van der Waals surface area contributed by atoms with E-state index in [9.17, 15) is 0 Å². The van der Waals surface area contributed by atoms with Gasteiger partial charge in [-0.15, -0.1) is 0 Å². The van der Waals surface area contributed by atoms with Gasteiger partial charge in [-0.1, -0.05) is 25.5 Å². The fourth-order valence-corrected chi connectivity index (χ4v) is 1.37. The maximum atomic E-state index is 5.56. The number of guanidine groups is 2. The molecule has 6 N–H and O–H groups in total. The molecule has 6 heteroatoms. The largest absolute Gasteiger partial charge is 0.494 e. The highest BCUT2D eigenvalue weighted by Gasteiger charge is 1.96. The van der Waals surface area contributed by atoms with E-state index in [-0.39, 0.29) is 11.9 Å². The number of hydrogen-bond donors (Lipinski definition) is 3. The average molecular weight is 263 g/mol. The molecule has 0 radical (unpaired) electrons. The third kappa shape index (κ3) is 6.30. The predicted octanol–water partition coefficient (Wildman–Crippen LogP) is 0.954. The highest BCUT2D eigenvalue weighted by molar-refractivity contribution is 5.92. The molecule has 0 unspecified atom stereocenters. The van der Waals surface area contributed by atoms with Crippen molar-refractivity contribution in [1.82, 2.24) is 0 Å². The van der Waals surface area contributed by atoms with Crippen molar-refractivity contribution in [2.24, 2.45) is 27.2 Å². The van der Waals surface area contributed by atoms with Gasteiger partial charge in [0.2, 0.25) is 5.96 Å². The van der Waals surface area contributed by atoms with Gasteiger partial charge >= 0.3 is 0 Å². The zero-order chi connectivity index (χ0) is 14.1. The molecule has 0 bridgehead atoms. The molecule has 6 nitrogen and oxygen atoms in total. The summed E-state index contributed by atoms with van der Waals surface area (Å²) in [4.78, 5) is 7.68. The molecule has 0 heterocycles. The van der Waals surface area contributed by atoms with Gasteiger partial charge in [0.05, 0.1) is 13.2 Å². The van der Waals surface area contributed by atoms with Crippen LogP contribution in [0.5, 0.6) is 5.75 Å². The maximum absolute atomic E-state index is 5.56. The normalized spacial score (nSPS) is 11.1. The van der Waals surface area contributed by atoms with E-state index in [0.29, 0.717) is 6.54 Å². The molecule has 0 saturated carbocycles. The molecule has 0 aliphatic heterocycles. The van der Waals surface area contributed by atoms with Crippen molar-refractivity contribution in [3.05, 3.63) is 29.8 Å². The minimum absolute atomic E-state index is 0.0725. The van der Waals surface area contributed by atoms with E-state index in [2.05, 4.69) is 16.9 Å². The molecule has 19 heavy (non-hydrogen) atoms. The maximum Gasteiger partial charge on any atom is 0.218 e. The van der Waals surface area contributed by atoms with Crippen molar-refractivity contribution in [2.75, 3.05) is 6.61 Å². The summed E-state index contributed by atoms with van der Waals surface area (Å²) in [6.07, 6.45) is 2.18. The fraction of sp³-hybridized carbons (Fsp3) is 0.385. The van der Waals surface area contributed by atoms with Gasteiger partial charge < -0.3 is 21.9 Å². The number of nitrogens with zero attached hydrogens (tertiary/aromatic N) is 2. The molecule has 1 aromatic carbocycles. The monoisotopic (exact) mass is 263 g/mol. The number of benzene rings is 1. The van der Waals surface area contributed by atoms with Crippen LogP contribution >= 0.6 is 0 Å². The van der Waals surface area contributed by atoms with Crippen LogP contribution in [0.1, 0.15) is 25.3 Å². The van der Waals surface area contributed by atoms with Gasteiger partial charge in [0.1, 0.15) is 5.75 Å².